The Kier molecular flexibility index (Phi) is 5.38. The molecule has 1 aliphatic rings. The number of nitrogens with two attached hydrogens (primary N) is 1. The summed E-state index contributed by atoms with van der Waals surface area (Å²) in [4.78, 5) is 18.4. The van der Waals surface area contributed by atoms with Crippen molar-refractivity contribution in [3.63, 3.8) is 0 Å². The molecule has 21 heavy (non-hydrogen) atoms. The van der Waals surface area contributed by atoms with Gasteiger partial charge in [-0.1, -0.05) is 6.92 Å². The van der Waals surface area contributed by atoms with E-state index in [1.165, 1.54) is 19.0 Å². The second-order valence-corrected chi connectivity index (χ2v) is 5.16. The zero-order chi connectivity index (χ0) is 15.2. The average molecular weight is 292 g/mol. The highest BCUT2D eigenvalue weighted by molar-refractivity contribution is 5.95. The van der Waals surface area contributed by atoms with E-state index in [-0.39, 0.29) is 0 Å². The van der Waals surface area contributed by atoms with Gasteiger partial charge in [-0.05, 0) is 32.4 Å². The molecule has 0 bridgehead atoms. The molecule has 3 N–H and O–H groups in total. The zero-order valence-electron chi connectivity index (χ0n) is 12.8. The lowest BCUT2D eigenvalue weighted by atomic mass is 10.2. The Bertz CT molecular complexity index is 489. The predicted molar refractivity (Wildman–Crippen MR) is 83.4 cm³/mol. The van der Waals surface area contributed by atoms with Crippen LogP contribution in [0.1, 0.15) is 37.0 Å². The molecule has 0 aromatic carbocycles. The van der Waals surface area contributed by atoms with Gasteiger partial charge in [0.15, 0.2) is 0 Å². The SMILES string of the molecule is CCOC(=O)c1cc(NCCN(CC)C2CC2)ncc1N. The maximum atomic E-state index is 11.8. The van der Waals surface area contributed by atoms with Crippen molar-refractivity contribution in [3.8, 4) is 0 Å². The van der Waals surface area contributed by atoms with E-state index < -0.39 is 5.97 Å². The van der Waals surface area contributed by atoms with Crippen LogP contribution in [0, 0.1) is 0 Å². The Morgan fingerprint density at radius 3 is 2.90 bits per heavy atom. The number of nitrogens with zero attached hydrogens (tertiary/aromatic N) is 2. The summed E-state index contributed by atoms with van der Waals surface area (Å²) in [6, 6.07) is 2.41. The molecule has 2 rings (SSSR count). The number of carbonyl (C=O) groups is 1. The molecular formula is C15H24N4O2. The number of nitrogen functional groups attached to an aromatic ring is 1. The zero-order valence-corrected chi connectivity index (χ0v) is 12.8. The van der Waals surface area contributed by atoms with Crippen molar-refractivity contribution in [1.29, 1.82) is 0 Å². The molecule has 0 radical (unpaired) electrons. The first kappa shape index (κ1) is 15.6. The van der Waals surface area contributed by atoms with Crippen molar-refractivity contribution in [2.45, 2.75) is 32.7 Å². The molecule has 1 saturated carbocycles. The van der Waals surface area contributed by atoms with E-state index in [9.17, 15) is 4.79 Å². The number of ether oxygens (including phenoxy) is 1. The number of aromatic nitrogens is 1. The average Bonchev–Trinajstić information content (AvgIpc) is 3.30. The van der Waals surface area contributed by atoms with Crippen LogP contribution in [-0.4, -0.2) is 48.1 Å². The van der Waals surface area contributed by atoms with Gasteiger partial charge >= 0.3 is 5.97 Å². The summed E-state index contributed by atoms with van der Waals surface area (Å²) in [7, 11) is 0. The van der Waals surface area contributed by atoms with Crippen molar-refractivity contribution in [1.82, 2.24) is 9.88 Å². The van der Waals surface area contributed by atoms with Gasteiger partial charge in [-0.15, -0.1) is 0 Å². The fourth-order valence-corrected chi connectivity index (χ4v) is 2.31. The van der Waals surface area contributed by atoms with Gasteiger partial charge in [-0.2, -0.15) is 0 Å². The highest BCUT2D eigenvalue weighted by atomic mass is 16.5. The minimum atomic E-state index is -0.409. The lowest BCUT2D eigenvalue weighted by molar-refractivity contribution is 0.0527. The Balaban J connectivity index is 1.90. The molecule has 0 saturated heterocycles. The summed E-state index contributed by atoms with van der Waals surface area (Å²) in [5, 5.41) is 3.24. The third-order valence-electron chi connectivity index (χ3n) is 3.60. The number of hydrogen-bond acceptors (Lipinski definition) is 6. The fraction of sp³-hybridized carbons (Fsp3) is 0.600. The van der Waals surface area contributed by atoms with Crippen LogP contribution in [0.2, 0.25) is 0 Å². The lowest BCUT2D eigenvalue weighted by Gasteiger charge is -2.20. The molecule has 1 heterocycles. The second kappa shape index (κ2) is 7.26. The van der Waals surface area contributed by atoms with E-state index in [1.807, 2.05) is 0 Å². The Hall–Kier alpha value is -1.82. The van der Waals surface area contributed by atoms with Crippen molar-refractivity contribution >= 4 is 17.5 Å². The van der Waals surface area contributed by atoms with E-state index in [0.717, 1.165) is 25.7 Å². The molecule has 0 unspecified atom stereocenters. The largest absolute Gasteiger partial charge is 0.462 e. The summed E-state index contributed by atoms with van der Waals surface area (Å²) in [5.41, 5.74) is 6.47. The number of likely N-dealkylation sites (N-methyl/N-ethyl adjacent to an activating group) is 1. The monoisotopic (exact) mass is 292 g/mol. The topological polar surface area (TPSA) is 80.5 Å². The Labute approximate surface area is 125 Å². The summed E-state index contributed by atoms with van der Waals surface area (Å²) in [6.45, 7) is 7.11. The van der Waals surface area contributed by atoms with Gasteiger partial charge in [0.2, 0.25) is 0 Å². The van der Waals surface area contributed by atoms with Crippen molar-refractivity contribution in [3.05, 3.63) is 17.8 Å². The molecule has 0 atom stereocenters. The van der Waals surface area contributed by atoms with Crippen molar-refractivity contribution in [2.75, 3.05) is 37.3 Å². The van der Waals surface area contributed by atoms with Gasteiger partial charge in [-0.25, -0.2) is 9.78 Å². The predicted octanol–water partition coefficient (Wildman–Crippen LogP) is 1.74. The molecule has 1 aromatic heterocycles. The Morgan fingerprint density at radius 2 is 2.29 bits per heavy atom. The summed E-state index contributed by atoms with van der Waals surface area (Å²) < 4.78 is 4.98. The molecule has 1 fully saturated rings. The molecule has 0 aliphatic heterocycles. The third kappa shape index (κ3) is 4.32. The maximum Gasteiger partial charge on any atom is 0.340 e. The fourth-order valence-electron chi connectivity index (χ4n) is 2.31. The number of esters is 1. The van der Waals surface area contributed by atoms with E-state index in [4.69, 9.17) is 10.5 Å². The highest BCUT2D eigenvalue weighted by Gasteiger charge is 2.27. The summed E-state index contributed by atoms with van der Waals surface area (Å²) in [5.74, 6) is 0.243. The normalized spacial score (nSPS) is 14.2. The van der Waals surface area contributed by atoms with Crippen LogP contribution < -0.4 is 11.1 Å². The van der Waals surface area contributed by atoms with Gasteiger partial charge in [-0.3, -0.25) is 4.90 Å². The number of nitrogens with one attached hydrogen (secondary N) is 1. The molecular weight excluding hydrogens is 268 g/mol. The molecule has 116 valence electrons. The first-order valence-corrected chi connectivity index (χ1v) is 7.56. The van der Waals surface area contributed by atoms with E-state index in [1.54, 1.807) is 13.0 Å². The van der Waals surface area contributed by atoms with Gasteiger partial charge in [0, 0.05) is 19.1 Å². The number of anilines is 2. The van der Waals surface area contributed by atoms with Gasteiger partial charge in [0.05, 0.1) is 24.1 Å². The van der Waals surface area contributed by atoms with E-state index in [2.05, 4.69) is 22.1 Å². The summed E-state index contributed by atoms with van der Waals surface area (Å²) >= 11 is 0. The number of pyridine rings is 1. The first-order chi connectivity index (χ1) is 10.2. The lowest BCUT2D eigenvalue weighted by Crippen LogP contribution is -2.31. The first-order valence-electron chi connectivity index (χ1n) is 7.56. The molecule has 1 aromatic rings. The van der Waals surface area contributed by atoms with Gasteiger partial charge in [0.1, 0.15) is 5.82 Å². The van der Waals surface area contributed by atoms with E-state index >= 15 is 0 Å². The minimum Gasteiger partial charge on any atom is -0.462 e. The van der Waals surface area contributed by atoms with E-state index in [0.29, 0.717) is 23.7 Å². The van der Waals surface area contributed by atoms with Crippen LogP contribution >= 0.6 is 0 Å². The third-order valence-corrected chi connectivity index (χ3v) is 3.60. The molecule has 6 nitrogen and oxygen atoms in total. The van der Waals surface area contributed by atoms with Crippen LogP contribution in [0.4, 0.5) is 11.5 Å². The number of hydrogen-bond donors (Lipinski definition) is 2. The van der Waals surface area contributed by atoms with Crippen LogP contribution in [0.3, 0.4) is 0 Å². The maximum absolute atomic E-state index is 11.8. The van der Waals surface area contributed by atoms with Crippen LogP contribution in [-0.2, 0) is 4.74 Å². The second-order valence-electron chi connectivity index (χ2n) is 5.16. The van der Waals surface area contributed by atoms with Crippen LogP contribution in [0.5, 0.6) is 0 Å². The Morgan fingerprint density at radius 1 is 1.52 bits per heavy atom. The van der Waals surface area contributed by atoms with Gasteiger partial charge in [0.25, 0.3) is 0 Å². The minimum absolute atomic E-state index is 0.330. The molecule has 0 amide bonds. The molecule has 1 aliphatic carbocycles. The quantitative estimate of drug-likeness (QED) is 0.710. The van der Waals surface area contributed by atoms with Crippen LogP contribution in [0.25, 0.3) is 0 Å². The highest BCUT2D eigenvalue weighted by Crippen LogP contribution is 2.26. The molecule has 0 spiro atoms. The van der Waals surface area contributed by atoms with Gasteiger partial charge < -0.3 is 15.8 Å². The smallest absolute Gasteiger partial charge is 0.340 e. The van der Waals surface area contributed by atoms with Crippen molar-refractivity contribution in [2.24, 2.45) is 0 Å². The summed E-state index contributed by atoms with van der Waals surface area (Å²) in [6.07, 6.45) is 4.11. The molecule has 6 heteroatoms. The van der Waals surface area contributed by atoms with Crippen molar-refractivity contribution < 1.29 is 9.53 Å². The van der Waals surface area contributed by atoms with Crippen LogP contribution in [0.15, 0.2) is 12.3 Å². The number of rotatable bonds is 8. The number of carbonyl (C=O) groups excluding carboxylic acids is 1. The standard InChI is InChI=1S/C15H24N4O2/c1-3-19(11-5-6-11)8-7-17-14-9-12(13(16)10-18-14)15(20)21-4-2/h9-11H,3-8,16H2,1-2H3,(H,17,18).